The van der Waals surface area contributed by atoms with Crippen molar-refractivity contribution in [1.82, 2.24) is 0 Å². The molecule has 0 amide bonds. The van der Waals surface area contributed by atoms with E-state index in [1.807, 2.05) is 14.2 Å². The Morgan fingerprint density at radius 1 is 0.696 bits per heavy atom. The Labute approximate surface area is 152 Å². The number of halogens is 2. The maximum Gasteiger partial charge on any atom is 0.0540 e. The predicted octanol–water partition coefficient (Wildman–Crippen LogP) is 5.64. The highest BCUT2D eigenvalue weighted by Crippen LogP contribution is 2.43. The second-order valence-corrected chi connectivity index (χ2v) is 9.24. The number of hydrogen-bond acceptors (Lipinski definition) is 2. The molecule has 0 atom stereocenters. The summed E-state index contributed by atoms with van der Waals surface area (Å²) in [7, 11) is 3.66. The Bertz CT molecular complexity index is 289. The minimum atomic E-state index is 0.164. The van der Waals surface area contributed by atoms with E-state index in [4.69, 9.17) is 32.7 Å². The SMILES string of the molecule is COCC(COC)(CC1CCC(Cl)CC1)CC1CCC(Cl)CC1. The first-order chi connectivity index (χ1) is 11.1. The zero-order valence-corrected chi connectivity index (χ0v) is 16.4. The van der Waals surface area contributed by atoms with Crippen molar-refractivity contribution in [3.05, 3.63) is 0 Å². The normalized spacial score (nSPS) is 32.9. The van der Waals surface area contributed by atoms with Gasteiger partial charge < -0.3 is 9.47 Å². The first-order valence-corrected chi connectivity index (χ1v) is 10.2. The van der Waals surface area contributed by atoms with Crippen LogP contribution in [0.2, 0.25) is 0 Å². The summed E-state index contributed by atoms with van der Waals surface area (Å²) in [4.78, 5) is 0. The van der Waals surface area contributed by atoms with Gasteiger partial charge in [-0.2, -0.15) is 0 Å². The van der Waals surface area contributed by atoms with E-state index in [9.17, 15) is 0 Å². The van der Waals surface area contributed by atoms with Crippen molar-refractivity contribution in [2.45, 2.75) is 75.0 Å². The van der Waals surface area contributed by atoms with Crippen LogP contribution in [0.5, 0.6) is 0 Å². The van der Waals surface area contributed by atoms with Crippen LogP contribution in [-0.2, 0) is 9.47 Å². The molecule has 2 nitrogen and oxygen atoms in total. The molecular weight excluding hydrogens is 331 g/mol. The molecule has 0 saturated heterocycles. The van der Waals surface area contributed by atoms with E-state index in [0.29, 0.717) is 10.8 Å². The van der Waals surface area contributed by atoms with Gasteiger partial charge in [0.2, 0.25) is 0 Å². The molecule has 2 aliphatic carbocycles. The summed E-state index contributed by atoms with van der Waals surface area (Å²) in [6, 6.07) is 0. The van der Waals surface area contributed by atoms with Crippen molar-refractivity contribution in [3.8, 4) is 0 Å². The van der Waals surface area contributed by atoms with Crippen LogP contribution >= 0.6 is 23.2 Å². The molecule has 23 heavy (non-hydrogen) atoms. The van der Waals surface area contributed by atoms with Gasteiger partial charge in [-0.25, -0.2) is 0 Å². The van der Waals surface area contributed by atoms with Crippen molar-refractivity contribution in [2.24, 2.45) is 17.3 Å². The molecule has 0 bridgehead atoms. The molecule has 0 radical (unpaired) electrons. The molecule has 2 rings (SSSR count). The van der Waals surface area contributed by atoms with E-state index in [0.717, 1.165) is 25.0 Å². The van der Waals surface area contributed by atoms with Gasteiger partial charge in [0.05, 0.1) is 13.2 Å². The van der Waals surface area contributed by atoms with Crippen LogP contribution in [0, 0.1) is 17.3 Å². The van der Waals surface area contributed by atoms with E-state index < -0.39 is 0 Å². The average molecular weight is 365 g/mol. The van der Waals surface area contributed by atoms with Crippen LogP contribution in [0.25, 0.3) is 0 Å². The standard InChI is InChI=1S/C19H34Cl2O2/c1-22-13-19(14-23-2,11-15-3-7-17(20)8-4-15)12-16-5-9-18(21)10-6-16/h15-18H,3-14H2,1-2H3. The van der Waals surface area contributed by atoms with Gasteiger partial charge in [-0.15, -0.1) is 23.2 Å². The fourth-order valence-corrected chi connectivity index (χ4v) is 5.35. The summed E-state index contributed by atoms with van der Waals surface area (Å²) >= 11 is 12.6. The van der Waals surface area contributed by atoms with Gasteiger partial charge in [0.25, 0.3) is 0 Å². The molecule has 0 unspecified atom stereocenters. The third-order valence-electron chi connectivity index (χ3n) is 5.90. The van der Waals surface area contributed by atoms with Crippen LogP contribution in [0.1, 0.15) is 64.2 Å². The molecule has 0 aromatic carbocycles. The number of hydrogen-bond donors (Lipinski definition) is 0. The van der Waals surface area contributed by atoms with Crippen molar-refractivity contribution in [2.75, 3.05) is 27.4 Å². The lowest BCUT2D eigenvalue weighted by molar-refractivity contribution is -0.0276. The largest absolute Gasteiger partial charge is 0.384 e. The Morgan fingerprint density at radius 2 is 1.04 bits per heavy atom. The van der Waals surface area contributed by atoms with E-state index in [1.54, 1.807) is 0 Å². The van der Waals surface area contributed by atoms with Gasteiger partial charge in [0.15, 0.2) is 0 Å². The lowest BCUT2D eigenvalue weighted by Crippen LogP contribution is -2.37. The molecule has 0 aromatic rings. The molecule has 0 heterocycles. The number of methoxy groups -OCH3 is 2. The Balaban J connectivity index is 1.98. The first-order valence-electron chi connectivity index (χ1n) is 9.33. The second-order valence-electron chi connectivity index (χ2n) is 8.01. The molecule has 0 N–H and O–H groups in total. The molecule has 0 aliphatic heterocycles. The van der Waals surface area contributed by atoms with Gasteiger partial charge in [-0.05, 0) is 76.0 Å². The van der Waals surface area contributed by atoms with Gasteiger partial charge in [0.1, 0.15) is 0 Å². The highest BCUT2D eigenvalue weighted by atomic mass is 35.5. The number of ether oxygens (including phenoxy) is 2. The molecule has 4 heteroatoms. The van der Waals surface area contributed by atoms with Crippen LogP contribution in [0.15, 0.2) is 0 Å². The minimum Gasteiger partial charge on any atom is -0.384 e. The maximum atomic E-state index is 6.28. The Kier molecular flexibility index (Phi) is 8.49. The third-order valence-corrected chi connectivity index (χ3v) is 6.77. The molecule has 136 valence electrons. The predicted molar refractivity (Wildman–Crippen MR) is 98.6 cm³/mol. The minimum absolute atomic E-state index is 0.164. The molecule has 0 aromatic heterocycles. The van der Waals surface area contributed by atoms with Crippen LogP contribution < -0.4 is 0 Å². The third kappa shape index (κ3) is 6.38. The first kappa shape index (κ1) is 19.8. The molecule has 0 spiro atoms. The fraction of sp³-hybridized carbons (Fsp3) is 1.00. The van der Waals surface area contributed by atoms with Gasteiger partial charge in [-0.3, -0.25) is 0 Å². The quantitative estimate of drug-likeness (QED) is 0.518. The van der Waals surface area contributed by atoms with Crippen LogP contribution in [0.4, 0.5) is 0 Å². The molecular formula is C19H34Cl2O2. The van der Waals surface area contributed by atoms with Gasteiger partial charge >= 0.3 is 0 Å². The summed E-state index contributed by atoms with van der Waals surface area (Å²) in [5, 5.41) is 0.786. The topological polar surface area (TPSA) is 18.5 Å². The lowest BCUT2D eigenvalue weighted by atomic mass is 9.68. The van der Waals surface area contributed by atoms with Crippen molar-refractivity contribution >= 4 is 23.2 Å². The van der Waals surface area contributed by atoms with Crippen molar-refractivity contribution < 1.29 is 9.47 Å². The second kappa shape index (κ2) is 9.85. The zero-order chi connectivity index (χ0) is 16.7. The number of alkyl halides is 2. The Hall–Kier alpha value is 0.500. The molecule has 2 aliphatic rings. The summed E-state index contributed by atoms with van der Waals surface area (Å²) < 4.78 is 11.3. The smallest absolute Gasteiger partial charge is 0.0540 e. The van der Waals surface area contributed by atoms with E-state index >= 15 is 0 Å². The number of rotatable bonds is 8. The monoisotopic (exact) mass is 364 g/mol. The van der Waals surface area contributed by atoms with E-state index in [1.165, 1.54) is 64.2 Å². The lowest BCUT2D eigenvalue weighted by Gasteiger charge is -2.41. The van der Waals surface area contributed by atoms with Crippen molar-refractivity contribution in [3.63, 3.8) is 0 Å². The molecule has 2 saturated carbocycles. The summed E-state index contributed by atoms with van der Waals surface area (Å²) in [6.45, 7) is 1.62. The fourth-order valence-electron chi connectivity index (χ4n) is 4.85. The summed E-state index contributed by atoms with van der Waals surface area (Å²) in [5.41, 5.74) is 0.164. The van der Waals surface area contributed by atoms with Crippen molar-refractivity contribution in [1.29, 1.82) is 0 Å². The van der Waals surface area contributed by atoms with Crippen LogP contribution in [0.3, 0.4) is 0 Å². The van der Waals surface area contributed by atoms with Gasteiger partial charge in [-0.1, -0.05) is 0 Å². The molecule has 2 fully saturated rings. The Morgan fingerprint density at radius 3 is 1.35 bits per heavy atom. The van der Waals surface area contributed by atoms with Gasteiger partial charge in [0, 0.05) is 30.4 Å². The summed E-state index contributed by atoms with van der Waals surface area (Å²) in [6.07, 6.45) is 12.2. The maximum absolute atomic E-state index is 6.28. The van der Waals surface area contributed by atoms with E-state index in [2.05, 4.69) is 0 Å². The summed E-state index contributed by atoms with van der Waals surface area (Å²) in [5.74, 6) is 1.55. The zero-order valence-electron chi connectivity index (χ0n) is 14.9. The average Bonchev–Trinajstić information content (AvgIpc) is 2.52. The highest BCUT2D eigenvalue weighted by molar-refractivity contribution is 6.20. The highest BCUT2D eigenvalue weighted by Gasteiger charge is 2.37. The van der Waals surface area contributed by atoms with E-state index in [-0.39, 0.29) is 5.41 Å². The van der Waals surface area contributed by atoms with Crippen LogP contribution in [-0.4, -0.2) is 38.2 Å².